The largest absolute Gasteiger partial charge is 0.489 e. The maximum absolute atomic E-state index is 6.09. The lowest BCUT2D eigenvalue weighted by atomic mass is 9.90. The molecule has 2 heteroatoms. The van der Waals surface area contributed by atoms with Gasteiger partial charge in [-0.15, -0.1) is 6.42 Å². The molecule has 0 saturated heterocycles. The number of rotatable bonds is 6. The molecule has 0 radical (unpaired) electrons. The van der Waals surface area contributed by atoms with Gasteiger partial charge in [0.25, 0.3) is 0 Å². The van der Waals surface area contributed by atoms with E-state index in [1.54, 1.807) is 0 Å². The van der Waals surface area contributed by atoms with Gasteiger partial charge in [0.05, 0.1) is 12.2 Å². The molecule has 0 amide bonds. The summed E-state index contributed by atoms with van der Waals surface area (Å²) in [6.07, 6.45) is 12.1. The van der Waals surface area contributed by atoms with Crippen LogP contribution in [-0.2, 0) is 6.61 Å². The summed E-state index contributed by atoms with van der Waals surface area (Å²) in [5, 5.41) is 0. The molecule has 1 aliphatic carbocycles. The summed E-state index contributed by atoms with van der Waals surface area (Å²) in [5.41, 5.74) is 1.86. The Kier molecular flexibility index (Phi) is 5.80. The first kappa shape index (κ1) is 16.5. The summed E-state index contributed by atoms with van der Waals surface area (Å²) in [6, 6.07) is 15.9. The quantitative estimate of drug-likeness (QED) is 0.681. The molecule has 1 saturated carbocycles. The first-order valence-electron chi connectivity index (χ1n) is 8.76. The predicted molar refractivity (Wildman–Crippen MR) is 97.2 cm³/mol. The van der Waals surface area contributed by atoms with E-state index >= 15 is 0 Å². The lowest BCUT2D eigenvalue weighted by Crippen LogP contribution is -2.15. The lowest BCUT2D eigenvalue weighted by molar-refractivity contribution is 0.196. The minimum atomic E-state index is 0.485. The Morgan fingerprint density at radius 1 is 0.917 bits per heavy atom. The van der Waals surface area contributed by atoms with Crippen LogP contribution < -0.4 is 9.47 Å². The third-order valence-corrected chi connectivity index (χ3v) is 4.56. The van der Waals surface area contributed by atoms with E-state index in [0.717, 1.165) is 23.5 Å². The second kappa shape index (κ2) is 8.45. The van der Waals surface area contributed by atoms with Crippen molar-refractivity contribution in [1.82, 2.24) is 0 Å². The number of para-hydroxylation sites is 1. The van der Waals surface area contributed by atoms with Gasteiger partial charge in [-0.1, -0.05) is 61.6 Å². The fourth-order valence-electron chi connectivity index (χ4n) is 3.18. The van der Waals surface area contributed by atoms with E-state index in [0.29, 0.717) is 18.3 Å². The molecule has 2 aromatic carbocycles. The van der Waals surface area contributed by atoms with Gasteiger partial charge in [0.2, 0.25) is 0 Å². The second-order valence-electron chi connectivity index (χ2n) is 6.37. The number of ether oxygens (including phenoxy) is 2. The van der Waals surface area contributed by atoms with Crippen LogP contribution in [0.1, 0.15) is 43.2 Å². The van der Waals surface area contributed by atoms with Crippen LogP contribution in [0, 0.1) is 18.3 Å². The minimum Gasteiger partial charge on any atom is -0.489 e. The van der Waals surface area contributed by atoms with Crippen molar-refractivity contribution in [3.8, 4) is 23.8 Å². The zero-order valence-corrected chi connectivity index (χ0v) is 14.0. The van der Waals surface area contributed by atoms with E-state index in [1.165, 1.54) is 32.1 Å². The van der Waals surface area contributed by atoms with Crippen molar-refractivity contribution in [3.63, 3.8) is 0 Å². The van der Waals surface area contributed by atoms with Gasteiger partial charge in [0, 0.05) is 0 Å². The molecule has 0 bridgehead atoms. The zero-order chi connectivity index (χ0) is 16.6. The Hall–Kier alpha value is -2.40. The van der Waals surface area contributed by atoms with Gasteiger partial charge < -0.3 is 9.47 Å². The molecule has 124 valence electrons. The smallest absolute Gasteiger partial charge is 0.177 e. The molecule has 1 fully saturated rings. The predicted octanol–water partition coefficient (Wildman–Crippen LogP) is 5.21. The highest BCUT2D eigenvalue weighted by Crippen LogP contribution is 2.33. The van der Waals surface area contributed by atoms with Crippen LogP contribution in [0.15, 0.2) is 48.5 Å². The van der Waals surface area contributed by atoms with Gasteiger partial charge in [0.1, 0.15) is 6.61 Å². The topological polar surface area (TPSA) is 18.5 Å². The van der Waals surface area contributed by atoms with Crippen LogP contribution in [0.2, 0.25) is 0 Å². The van der Waals surface area contributed by atoms with E-state index in [4.69, 9.17) is 15.9 Å². The molecule has 0 heterocycles. The third kappa shape index (κ3) is 4.32. The fraction of sp³-hybridized carbons (Fsp3) is 0.364. The molecule has 24 heavy (non-hydrogen) atoms. The number of terminal acetylenes is 1. The van der Waals surface area contributed by atoms with E-state index in [1.807, 2.05) is 48.5 Å². The molecule has 0 N–H and O–H groups in total. The van der Waals surface area contributed by atoms with Crippen molar-refractivity contribution in [1.29, 1.82) is 0 Å². The molecular weight excluding hydrogens is 296 g/mol. The average Bonchev–Trinajstić information content (AvgIpc) is 2.66. The van der Waals surface area contributed by atoms with Crippen LogP contribution in [0.4, 0.5) is 0 Å². The fourth-order valence-corrected chi connectivity index (χ4v) is 3.18. The van der Waals surface area contributed by atoms with Crippen LogP contribution in [0.5, 0.6) is 11.5 Å². The summed E-state index contributed by atoms with van der Waals surface area (Å²) in [4.78, 5) is 0. The lowest BCUT2D eigenvalue weighted by Gasteiger charge is -2.22. The molecule has 1 aliphatic rings. The molecule has 2 nitrogen and oxygen atoms in total. The van der Waals surface area contributed by atoms with E-state index < -0.39 is 0 Å². The number of hydrogen-bond donors (Lipinski definition) is 0. The van der Waals surface area contributed by atoms with Gasteiger partial charge in [-0.05, 0) is 36.5 Å². The third-order valence-electron chi connectivity index (χ3n) is 4.56. The Labute approximate surface area is 144 Å². The van der Waals surface area contributed by atoms with E-state index in [-0.39, 0.29) is 0 Å². The number of hydrogen-bond acceptors (Lipinski definition) is 2. The van der Waals surface area contributed by atoms with Crippen molar-refractivity contribution in [2.24, 2.45) is 5.92 Å². The Morgan fingerprint density at radius 2 is 1.71 bits per heavy atom. The second-order valence-corrected chi connectivity index (χ2v) is 6.37. The average molecular weight is 320 g/mol. The molecule has 0 unspecified atom stereocenters. The molecular formula is C22H24O2. The van der Waals surface area contributed by atoms with E-state index in [9.17, 15) is 0 Å². The highest BCUT2D eigenvalue weighted by molar-refractivity contribution is 5.53. The summed E-state index contributed by atoms with van der Waals surface area (Å²) < 4.78 is 12.1. The molecule has 0 aromatic heterocycles. The molecule has 0 spiro atoms. The standard InChI is InChI=1S/C22H24O2/c1-2-20-14-9-15-21(23-16-18-10-5-3-6-11-18)22(20)24-17-19-12-7-4-8-13-19/h1,4,7-9,12-15,18H,3,5-6,10-11,16-17H2. The maximum Gasteiger partial charge on any atom is 0.177 e. The SMILES string of the molecule is C#Cc1cccc(OCC2CCCCC2)c1OCc1ccccc1. The van der Waals surface area contributed by atoms with Crippen molar-refractivity contribution in [3.05, 3.63) is 59.7 Å². The highest BCUT2D eigenvalue weighted by atomic mass is 16.5. The van der Waals surface area contributed by atoms with Gasteiger partial charge in [-0.2, -0.15) is 0 Å². The van der Waals surface area contributed by atoms with Crippen molar-refractivity contribution >= 4 is 0 Å². The summed E-state index contributed by atoms with van der Waals surface area (Å²) in [6.45, 7) is 1.23. The van der Waals surface area contributed by atoms with Gasteiger partial charge in [-0.25, -0.2) is 0 Å². The monoisotopic (exact) mass is 320 g/mol. The van der Waals surface area contributed by atoms with Crippen molar-refractivity contribution < 1.29 is 9.47 Å². The molecule has 0 atom stereocenters. The summed E-state index contributed by atoms with van der Waals surface area (Å²) >= 11 is 0. The normalized spacial score (nSPS) is 14.8. The Morgan fingerprint density at radius 3 is 2.46 bits per heavy atom. The Bertz CT molecular complexity index is 679. The zero-order valence-electron chi connectivity index (χ0n) is 14.0. The van der Waals surface area contributed by atoms with Gasteiger partial charge >= 0.3 is 0 Å². The number of benzene rings is 2. The maximum atomic E-state index is 6.09. The van der Waals surface area contributed by atoms with Gasteiger partial charge in [-0.3, -0.25) is 0 Å². The van der Waals surface area contributed by atoms with Crippen LogP contribution >= 0.6 is 0 Å². The van der Waals surface area contributed by atoms with Crippen LogP contribution in [-0.4, -0.2) is 6.61 Å². The molecule has 2 aromatic rings. The van der Waals surface area contributed by atoms with Crippen molar-refractivity contribution in [2.45, 2.75) is 38.7 Å². The van der Waals surface area contributed by atoms with Crippen LogP contribution in [0.3, 0.4) is 0 Å². The molecule has 3 rings (SSSR count). The Balaban J connectivity index is 1.69. The van der Waals surface area contributed by atoms with Gasteiger partial charge in [0.15, 0.2) is 11.5 Å². The minimum absolute atomic E-state index is 0.485. The molecule has 0 aliphatic heterocycles. The van der Waals surface area contributed by atoms with Crippen LogP contribution in [0.25, 0.3) is 0 Å². The van der Waals surface area contributed by atoms with Crippen molar-refractivity contribution in [2.75, 3.05) is 6.61 Å². The summed E-state index contributed by atoms with van der Waals surface area (Å²) in [7, 11) is 0. The first-order chi connectivity index (χ1) is 11.9. The first-order valence-corrected chi connectivity index (χ1v) is 8.76. The summed E-state index contributed by atoms with van der Waals surface area (Å²) in [5.74, 6) is 4.79. The van der Waals surface area contributed by atoms with E-state index in [2.05, 4.69) is 5.92 Å². The highest BCUT2D eigenvalue weighted by Gasteiger charge is 2.16.